The largest absolute Gasteiger partial charge is 0.379 e. The third-order valence-electron chi connectivity index (χ3n) is 3.96. The summed E-state index contributed by atoms with van der Waals surface area (Å²) in [7, 11) is 0. The molecule has 2 heterocycles. The molecule has 0 spiro atoms. The van der Waals surface area contributed by atoms with Gasteiger partial charge in [-0.15, -0.1) is 0 Å². The van der Waals surface area contributed by atoms with Gasteiger partial charge in [-0.1, -0.05) is 13.0 Å². The van der Waals surface area contributed by atoms with Crippen molar-refractivity contribution in [3.05, 3.63) is 30.1 Å². The number of aromatic nitrogens is 1. The van der Waals surface area contributed by atoms with Gasteiger partial charge in [0.25, 0.3) is 0 Å². The monoisotopic (exact) mass is 263 g/mol. The minimum Gasteiger partial charge on any atom is -0.379 e. The highest BCUT2D eigenvalue weighted by Gasteiger charge is 2.36. The molecule has 4 nitrogen and oxygen atoms in total. The van der Waals surface area contributed by atoms with Gasteiger partial charge in [-0.2, -0.15) is 0 Å². The molecule has 1 aromatic rings. The van der Waals surface area contributed by atoms with Crippen LogP contribution in [-0.4, -0.2) is 48.3 Å². The Bertz CT molecular complexity index is 374. The molecule has 0 radical (unpaired) electrons. The molecular formula is C15H25N3O. The van der Waals surface area contributed by atoms with Crippen LogP contribution in [0.2, 0.25) is 0 Å². The standard InChI is InChI=1S/C15H25N3O/c1-4-17-14(13-6-5-7-16-12-13)15(2,3)18-8-10-19-11-9-18/h5-7,12,14,17H,4,8-11H2,1-3H3. The topological polar surface area (TPSA) is 37.4 Å². The fourth-order valence-electron chi connectivity index (χ4n) is 2.85. The van der Waals surface area contributed by atoms with E-state index < -0.39 is 0 Å². The van der Waals surface area contributed by atoms with Crippen LogP contribution in [0.3, 0.4) is 0 Å². The van der Waals surface area contributed by atoms with Crippen molar-refractivity contribution < 1.29 is 4.74 Å². The summed E-state index contributed by atoms with van der Waals surface area (Å²) in [4.78, 5) is 6.77. The van der Waals surface area contributed by atoms with Gasteiger partial charge < -0.3 is 10.1 Å². The summed E-state index contributed by atoms with van der Waals surface area (Å²) < 4.78 is 5.47. The van der Waals surface area contributed by atoms with E-state index in [-0.39, 0.29) is 11.6 Å². The van der Waals surface area contributed by atoms with Crippen molar-refractivity contribution in [1.29, 1.82) is 0 Å². The smallest absolute Gasteiger partial charge is 0.0594 e. The highest BCUT2D eigenvalue weighted by atomic mass is 16.5. The number of hydrogen-bond donors (Lipinski definition) is 1. The van der Waals surface area contributed by atoms with Crippen molar-refractivity contribution in [3.8, 4) is 0 Å². The highest BCUT2D eigenvalue weighted by Crippen LogP contribution is 2.31. The van der Waals surface area contributed by atoms with Gasteiger partial charge in [0.2, 0.25) is 0 Å². The first-order chi connectivity index (χ1) is 9.16. The zero-order chi connectivity index (χ0) is 13.7. The third-order valence-corrected chi connectivity index (χ3v) is 3.96. The number of likely N-dealkylation sites (N-methyl/N-ethyl adjacent to an activating group) is 1. The predicted molar refractivity (Wildman–Crippen MR) is 77.1 cm³/mol. The van der Waals surface area contributed by atoms with E-state index in [0.29, 0.717) is 0 Å². The maximum Gasteiger partial charge on any atom is 0.0594 e. The maximum atomic E-state index is 5.47. The molecule has 0 amide bonds. The van der Waals surface area contributed by atoms with E-state index in [0.717, 1.165) is 32.8 Å². The lowest BCUT2D eigenvalue weighted by molar-refractivity contribution is -0.0236. The second-order valence-corrected chi connectivity index (χ2v) is 5.53. The van der Waals surface area contributed by atoms with Crippen LogP contribution in [0.25, 0.3) is 0 Å². The van der Waals surface area contributed by atoms with E-state index >= 15 is 0 Å². The Morgan fingerprint density at radius 2 is 2.16 bits per heavy atom. The second kappa shape index (κ2) is 6.46. The maximum absolute atomic E-state index is 5.47. The first-order valence-corrected chi connectivity index (χ1v) is 7.12. The van der Waals surface area contributed by atoms with Crippen LogP contribution in [-0.2, 0) is 4.74 Å². The van der Waals surface area contributed by atoms with Gasteiger partial charge in [0.1, 0.15) is 0 Å². The van der Waals surface area contributed by atoms with Crippen molar-refractivity contribution >= 4 is 0 Å². The summed E-state index contributed by atoms with van der Waals surface area (Å²) in [6.45, 7) is 11.4. The lowest BCUT2D eigenvalue weighted by Crippen LogP contribution is -2.56. The van der Waals surface area contributed by atoms with Gasteiger partial charge >= 0.3 is 0 Å². The quantitative estimate of drug-likeness (QED) is 0.879. The summed E-state index contributed by atoms with van der Waals surface area (Å²) >= 11 is 0. The van der Waals surface area contributed by atoms with Gasteiger partial charge in [-0.05, 0) is 32.0 Å². The lowest BCUT2D eigenvalue weighted by Gasteiger charge is -2.46. The Balaban J connectivity index is 2.21. The molecule has 1 unspecified atom stereocenters. The molecule has 1 aromatic heterocycles. The first-order valence-electron chi connectivity index (χ1n) is 7.12. The van der Waals surface area contributed by atoms with Crippen molar-refractivity contribution in [2.24, 2.45) is 0 Å². The molecule has 1 atom stereocenters. The normalized spacial score (nSPS) is 19.3. The summed E-state index contributed by atoms with van der Waals surface area (Å²) in [6, 6.07) is 4.45. The number of nitrogens with zero attached hydrogens (tertiary/aromatic N) is 2. The molecule has 1 saturated heterocycles. The van der Waals surface area contributed by atoms with Crippen molar-refractivity contribution in [3.63, 3.8) is 0 Å². The number of rotatable bonds is 5. The number of pyridine rings is 1. The van der Waals surface area contributed by atoms with Gasteiger partial charge in [0.15, 0.2) is 0 Å². The molecule has 19 heavy (non-hydrogen) atoms. The number of nitrogens with one attached hydrogen (secondary N) is 1. The van der Waals surface area contributed by atoms with Crippen molar-refractivity contribution in [2.45, 2.75) is 32.4 Å². The van der Waals surface area contributed by atoms with E-state index in [4.69, 9.17) is 4.74 Å². The Kier molecular flexibility index (Phi) is 4.91. The molecule has 0 aromatic carbocycles. The zero-order valence-corrected chi connectivity index (χ0v) is 12.2. The number of morpholine rings is 1. The van der Waals surface area contributed by atoms with Crippen LogP contribution >= 0.6 is 0 Å². The van der Waals surface area contributed by atoms with Crippen molar-refractivity contribution in [2.75, 3.05) is 32.8 Å². The molecule has 106 valence electrons. The fraction of sp³-hybridized carbons (Fsp3) is 0.667. The van der Waals surface area contributed by atoms with Crippen molar-refractivity contribution in [1.82, 2.24) is 15.2 Å². The average Bonchev–Trinajstić information content (AvgIpc) is 2.46. The van der Waals surface area contributed by atoms with Crippen LogP contribution in [0.15, 0.2) is 24.5 Å². The summed E-state index contributed by atoms with van der Waals surface area (Å²) in [6.07, 6.45) is 3.80. The number of hydrogen-bond acceptors (Lipinski definition) is 4. The summed E-state index contributed by atoms with van der Waals surface area (Å²) in [5, 5.41) is 3.61. The Hall–Kier alpha value is -0.970. The number of ether oxygens (including phenoxy) is 1. The van der Waals surface area contributed by atoms with E-state index in [1.165, 1.54) is 5.56 Å². The van der Waals surface area contributed by atoms with Crippen LogP contribution in [0.5, 0.6) is 0 Å². The van der Waals surface area contributed by atoms with Crippen LogP contribution in [0.4, 0.5) is 0 Å². The molecule has 4 heteroatoms. The first kappa shape index (κ1) is 14.4. The molecule has 0 aliphatic carbocycles. The van der Waals surface area contributed by atoms with E-state index in [1.807, 2.05) is 18.5 Å². The summed E-state index contributed by atoms with van der Waals surface area (Å²) in [5.74, 6) is 0. The van der Waals surface area contributed by atoms with Gasteiger partial charge in [0, 0.05) is 31.0 Å². The second-order valence-electron chi connectivity index (χ2n) is 5.53. The van der Waals surface area contributed by atoms with Crippen LogP contribution in [0, 0.1) is 0 Å². The molecule has 1 N–H and O–H groups in total. The van der Waals surface area contributed by atoms with Gasteiger partial charge in [-0.3, -0.25) is 9.88 Å². The highest BCUT2D eigenvalue weighted by molar-refractivity contribution is 5.19. The molecule has 1 fully saturated rings. The van der Waals surface area contributed by atoms with Crippen LogP contribution < -0.4 is 5.32 Å². The molecular weight excluding hydrogens is 238 g/mol. The van der Waals surface area contributed by atoms with E-state index in [2.05, 4.69) is 42.0 Å². The minimum absolute atomic E-state index is 0.0445. The van der Waals surface area contributed by atoms with E-state index in [1.54, 1.807) is 0 Å². The molecule has 1 aliphatic rings. The van der Waals surface area contributed by atoms with Gasteiger partial charge in [-0.25, -0.2) is 0 Å². The predicted octanol–water partition coefficient (Wildman–Crippen LogP) is 1.84. The minimum atomic E-state index is 0.0445. The lowest BCUT2D eigenvalue weighted by atomic mass is 9.87. The van der Waals surface area contributed by atoms with Crippen LogP contribution in [0.1, 0.15) is 32.4 Å². The fourth-order valence-corrected chi connectivity index (χ4v) is 2.85. The zero-order valence-electron chi connectivity index (χ0n) is 12.2. The molecule has 1 aliphatic heterocycles. The Morgan fingerprint density at radius 3 is 2.74 bits per heavy atom. The molecule has 0 saturated carbocycles. The Morgan fingerprint density at radius 1 is 1.42 bits per heavy atom. The third kappa shape index (κ3) is 3.32. The Labute approximate surface area is 116 Å². The molecule has 0 bridgehead atoms. The average molecular weight is 263 g/mol. The summed E-state index contributed by atoms with van der Waals surface area (Å²) in [5.41, 5.74) is 1.30. The van der Waals surface area contributed by atoms with Gasteiger partial charge in [0.05, 0.1) is 19.3 Å². The van der Waals surface area contributed by atoms with E-state index in [9.17, 15) is 0 Å². The molecule has 2 rings (SSSR count). The SMILES string of the molecule is CCNC(c1cccnc1)C(C)(C)N1CCOCC1.